The van der Waals surface area contributed by atoms with E-state index in [2.05, 4.69) is 0 Å². The van der Waals surface area contributed by atoms with Gasteiger partial charge >= 0.3 is 5.97 Å². The highest BCUT2D eigenvalue weighted by molar-refractivity contribution is 5.99. The molecular weight excluding hydrogens is 530 g/mol. The highest BCUT2D eigenvalue weighted by Gasteiger charge is 2.45. The monoisotopic (exact) mass is 561 g/mol. The normalized spacial score (nSPS) is 15.4. The van der Waals surface area contributed by atoms with Gasteiger partial charge in [0.1, 0.15) is 12.1 Å². The van der Waals surface area contributed by atoms with Crippen molar-refractivity contribution in [3.8, 4) is 11.5 Å². The smallest absolute Gasteiger partial charge is 0.338 e. The minimum atomic E-state index is -1.52. The minimum absolute atomic E-state index is 0.0197. The van der Waals surface area contributed by atoms with Gasteiger partial charge in [-0.15, -0.1) is 0 Å². The van der Waals surface area contributed by atoms with Gasteiger partial charge in [0, 0.05) is 18.2 Å². The van der Waals surface area contributed by atoms with Gasteiger partial charge in [0.15, 0.2) is 17.8 Å². The summed E-state index contributed by atoms with van der Waals surface area (Å²) < 4.78 is 17.2. The van der Waals surface area contributed by atoms with Gasteiger partial charge in [-0.25, -0.2) is 4.79 Å². The summed E-state index contributed by atoms with van der Waals surface area (Å²) in [7, 11) is 1.55. The second-order valence-electron chi connectivity index (χ2n) is 9.82. The van der Waals surface area contributed by atoms with Crippen LogP contribution in [0.25, 0.3) is 6.08 Å². The molecule has 5 rings (SSSR count). The van der Waals surface area contributed by atoms with E-state index in [1.54, 1.807) is 87.0 Å². The zero-order valence-electron chi connectivity index (χ0n) is 23.5. The number of hydrogen-bond donors (Lipinski definition) is 0. The number of ether oxygens (including phenoxy) is 3. The average Bonchev–Trinajstić information content (AvgIpc) is 3.04. The van der Waals surface area contributed by atoms with Crippen LogP contribution in [0.1, 0.15) is 49.9 Å². The summed E-state index contributed by atoms with van der Waals surface area (Å²) in [5, 5.41) is 0. The number of aldehydes is 1. The second-order valence-corrected chi connectivity index (χ2v) is 9.82. The van der Waals surface area contributed by atoms with E-state index in [0.29, 0.717) is 39.3 Å². The lowest BCUT2D eigenvalue weighted by Crippen LogP contribution is -2.51. The number of fused-ring (bicyclic) bond motifs is 1. The first-order valence-electron chi connectivity index (χ1n) is 13.7. The van der Waals surface area contributed by atoms with Gasteiger partial charge in [-0.2, -0.15) is 0 Å². The predicted molar refractivity (Wildman–Crippen MR) is 159 cm³/mol. The van der Waals surface area contributed by atoms with Crippen molar-refractivity contribution >= 4 is 24.2 Å². The van der Waals surface area contributed by atoms with Gasteiger partial charge in [0.25, 0.3) is 5.91 Å². The molecule has 0 aliphatic carbocycles. The molecular formula is C35H31NO6. The molecule has 1 amide bonds. The summed E-state index contributed by atoms with van der Waals surface area (Å²) in [5.74, 6) is 0.0559. The van der Waals surface area contributed by atoms with Crippen LogP contribution in [0.3, 0.4) is 0 Å². The van der Waals surface area contributed by atoms with Crippen molar-refractivity contribution < 1.29 is 28.6 Å². The molecule has 4 aromatic rings. The maximum Gasteiger partial charge on any atom is 0.338 e. The van der Waals surface area contributed by atoms with Gasteiger partial charge < -0.3 is 19.0 Å². The Kier molecular flexibility index (Phi) is 8.48. The van der Waals surface area contributed by atoms with Crippen LogP contribution in [0.4, 0.5) is 0 Å². The van der Waals surface area contributed by atoms with Crippen LogP contribution in [-0.2, 0) is 28.1 Å². The molecule has 1 aliphatic rings. The van der Waals surface area contributed by atoms with Crippen LogP contribution in [-0.4, -0.2) is 36.8 Å². The summed E-state index contributed by atoms with van der Waals surface area (Å²) in [6.07, 6.45) is 4.18. The first-order chi connectivity index (χ1) is 20.5. The third kappa shape index (κ3) is 5.54. The number of carbonyl (C=O) groups excluding carboxylic acids is 3. The van der Waals surface area contributed by atoms with Gasteiger partial charge in [-0.1, -0.05) is 66.7 Å². The van der Waals surface area contributed by atoms with Crippen LogP contribution in [0.2, 0.25) is 0 Å². The molecule has 0 aromatic heterocycles. The van der Waals surface area contributed by atoms with E-state index in [0.717, 1.165) is 11.8 Å². The fourth-order valence-electron chi connectivity index (χ4n) is 5.20. The molecule has 0 radical (unpaired) electrons. The summed E-state index contributed by atoms with van der Waals surface area (Å²) in [6, 6.07) is 29.0. The zero-order chi connectivity index (χ0) is 29.5. The summed E-state index contributed by atoms with van der Waals surface area (Å²) in [5.41, 5.74) is 2.00. The van der Waals surface area contributed by atoms with E-state index >= 15 is 0 Å². The number of benzene rings is 4. The lowest BCUT2D eigenvalue weighted by atomic mass is 9.77. The minimum Gasteiger partial charge on any atom is -0.493 e. The molecule has 1 heterocycles. The molecule has 0 saturated heterocycles. The molecule has 212 valence electrons. The van der Waals surface area contributed by atoms with Crippen molar-refractivity contribution in [1.29, 1.82) is 0 Å². The highest BCUT2D eigenvalue weighted by atomic mass is 16.5. The van der Waals surface area contributed by atoms with Crippen molar-refractivity contribution in [1.82, 2.24) is 4.90 Å². The van der Waals surface area contributed by atoms with E-state index in [9.17, 15) is 14.4 Å². The van der Waals surface area contributed by atoms with Crippen LogP contribution in [0.5, 0.6) is 11.5 Å². The number of hydrogen-bond acceptors (Lipinski definition) is 6. The molecule has 0 spiro atoms. The maximum absolute atomic E-state index is 14.0. The molecule has 0 N–H and O–H groups in total. The largest absolute Gasteiger partial charge is 0.493 e. The Hall–Kier alpha value is -5.17. The van der Waals surface area contributed by atoms with E-state index in [4.69, 9.17) is 14.2 Å². The maximum atomic E-state index is 14.0. The average molecular weight is 562 g/mol. The van der Waals surface area contributed by atoms with Crippen molar-refractivity contribution in [2.45, 2.75) is 25.5 Å². The van der Waals surface area contributed by atoms with Gasteiger partial charge in [-0.3, -0.25) is 9.69 Å². The number of rotatable bonds is 10. The van der Waals surface area contributed by atoms with Crippen LogP contribution < -0.4 is 9.47 Å². The topological polar surface area (TPSA) is 82.1 Å². The first kappa shape index (κ1) is 28.4. The molecule has 0 bridgehead atoms. The fraction of sp³-hybridized carbons (Fsp3) is 0.171. The lowest BCUT2D eigenvalue weighted by molar-refractivity contribution is -0.116. The molecule has 1 aliphatic heterocycles. The van der Waals surface area contributed by atoms with Crippen molar-refractivity contribution in [3.05, 3.63) is 137 Å². The molecule has 4 aromatic carbocycles. The molecule has 42 heavy (non-hydrogen) atoms. The SMILES string of the molecule is CCOC(=O)c1ccccc1CC1(C=O)c2cc(OCc3ccccc3)c(OC)cc2C=CN1C(=O)c1ccccc1. The van der Waals surface area contributed by atoms with Gasteiger partial charge in [-0.05, 0) is 65.6 Å². The lowest BCUT2D eigenvalue weighted by Gasteiger charge is -2.42. The Balaban J connectivity index is 1.66. The third-order valence-electron chi connectivity index (χ3n) is 7.28. The van der Waals surface area contributed by atoms with Crippen LogP contribution in [0, 0.1) is 0 Å². The standard InChI is InChI=1S/C35H31NO6/c1-3-41-34(39)29-17-11-10-16-28(29)22-35(24-37)30-21-32(42-23-25-12-6-4-7-13-25)31(40-2)20-27(30)18-19-36(35)33(38)26-14-8-5-9-15-26/h4-21,24H,3,22-23H2,1-2H3. The third-order valence-corrected chi connectivity index (χ3v) is 7.28. The molecule has 0 saturated carbocycles. The number of carbonyl (C=O) groups is 3. The zero-order valence-corrected chi connectivity index (χ0v) is 23.5. The Morgan fingerprint density at radius 2 is 1.57 bits per heavy atom. The van der Waals surface area contributed by atoms with E-state index in [1.165, 1.54) is 4.90 Å². The Morgan fingerprint density at radius 3 is 2.26 bits per heavy atom. The predicted octanol–water partition coefficient (Wildman–Crippen LogP) is 6.21. The molecule has 1 atom stereocenters. The van der Waals surface area contributed by atoms with E-state index in [1.807, 2.05) is 36.4 Å². The summed E-state index contributed by atoms with van der Waals surface area (Å²) >= 11 is 0. The quantitative estimate of drug-likeness (QED) is 0.169. The molecule has 1 unspecified atom stereocenters. The molecule has 7 nitrogen and oxygen atoms in total. The van der Waals surface area contributed by atoms with Gasteiger partial charge in [0.05, 0.1) is 19.3 Å². The van der Waals surface area contributed by atoms with Gasteiger partial charge in [0.2, 0.25) is 0 Å². The highest BCUT2D eigenvalue weighted by Crippen LogP contribution is 2.44. The van der Waals surface area contributed by atoms with Crippen LogP contribution >= 0.6 is 0 Å². The number of methoxy groups -OCH3 is 1. The molecule has 7 heteroatoms. The van der Waals surface area contributed by atoms with E-state index in [-0.39, 0.29) is 25.5 Å². The Bertz CT molecular complexity index is 1620. The molecule has 0 fully saturated rings. The summed E-state index contributed by atoms with van der Waals surface area (Å²) in [4.78, 5) is 41.7. The Labute approximate surface area is 245 Å². The number of esters is 1. The Morgan fingerprint density at radius 1 is 0.881 bits per heavy atom. The van der Waals surface area contributed by atoms with Crippen LogP contribution in [0.15, 0.2) is 103 Å². The fourth-order valence-corrected chi connectivity index (χ4v) is 5.20. The van der Waals surface area contributed by atoms with Crippen molar-refractivity contribution in [2.24, 2.45) is 0 Å². The van der Waals surface area contributed by atoms with E-state index < -0.39 is 11.5 Å². The second kappa shape index (κ2) is 12.6. The number of nitrogens with zero attached hydrogens (tertiary/aromatic N) is 1. The number of amides is 1. The summed E-state index contributed by atoms with van der Waals surface area (Å²) in [6.45, 7) is 2.22. The first-order valence-corrected chi connectivity index (χ1v) is 13.7. The van der Waals surface area contributed by atoms with Crippen molar-refractivity contribution in [2.75, 3.05) is 13.7 Å². The van der Waals surface area contributed by atoms with Crippen molar-refractivity contribution in [3.63, 3.8) is 0 Å².